The van der Waals surface area contributed by atoms with Crippen molar-refractivity contribution in [1.29, 1.82) is 0 Å². The molecule has 4 heteroatoms. The number of anilines is 1. The number of unbranched alkanes of at least 4 members (excludes halogenated alkanes) is 6. The lowest BCUT2D eigenvalue weighted by Gasteiger charge is -2.29. The zero-order valence-corrected chi connectivity index (χ0v) is 18.8. The number of nitrogens with zero attached hydrogens (tertiary/aromatic N) is 1. The van der Waals surface area contributed by atoms with E-state index in [1.807, 2.05) is 73.3 Å². The van der Waals surface area contributed by atoms with Crippen molar-refractivity contribution < 1.29 is 14.3 Å². The van der Waals surface area contributed by atoms with Crippen molar-refractivity contribution in [3.05, 3.63) is 60.2 Å². The highest BCUT2D eigenvalue weighted by atomic mass is 16.7. The monoisotopic (exact) mass is 411 g/mol. The standard InChI is InChI=1S/C26H37NO3/c1-4-6-7-8-9-10-12-17-23-18-15-16-21-25(23)30-26(28)29-22(3)27(5-2)24-19-13-11-14-20-24/h11,13-16,18-22H,4-10,12,17H2,1-3H3. The van der Waals surface area contributed by atoms with Crippen molar-refractivity contribution in [3.8, 4) is 5.75 Å². The van der Waals surface area contributed by atoms with Crippen molar-refractivity contribution in [2.75, 3.05) is 11.4 Å². The van der Waals surface area contributed by atoms with Gasteiger partial charge in [-0.2, -0.15) is 0 Å². The fourth-order valence-corrected chi connectivity index (χ4v) is 3.67. The molecule has 2 aromatic carbocycles. The van der Waals surface area contributed by atoms with Crippen LogP contribution in [0.4, 0.5) is 10.5 Å². The third kappa shape index (κ3) is 8.10. The van der Waals surface area contributed by atoms with Gasteiger partial charge in [-0.3, -0.25) is 0 Å². The second kappa shape index (κ2) is 13.7. The third-order valence-electron chi connectivity index (χ3n) is 5.35. The van der Waals surface area contributed by atoms with Crippen LogP contribution >= 0.6 is 0 Å². The van der Waals surface area contributed by atoms with Crippen molar-refractivity contribution in [3.63, 3.8) is 0 Å². The summed E-state index contributed by atoms with van der Waals surface area (Å²) in [5, 5.41) is 0. The summed E-state index contributed by atoms with van der Waals surface area (Å²) in [5.41, 5.74) is 2.07. The molecular formula is C26H37NO3. The molecule has 2 aromatic rings. The molecule has 0 saturated heterocycles. The smallest absolute Gasteiger partial charge is 0.410 e. The fraction of sp³-hybridized carbons (Fsp3) is 0.500. The van der Waals surface area contributed by atoms with Gasteiger partial charge in [0.2, 0.25) is 0 Å². The molecule has 0 spiro atoms. The maximum Gasteiger partial charge on any atom is 0.515 e. The minimum Gasteiger partial charge on any atom is -0.410 e. The number of benzene rings is 2. The summed E-state index contributed by atoms with van der Waals surface area (Å²) in [6, 6.07) is 17.7. The van der Waals surface area contributed by atoms with Gasteiger partial charge in [0.05, 0.1) is 0 Å². The summed E-state index contributed by atoms with van der Waals surface area (Å²) in [6.45, 7) is 6.87. The Morgan fingerprint density at radius 3 is 2.20 bits per heavy atom. The molecule has 0 aliphatic rings. The van der Waals surface area contributed by atoms with E-state index in [1.54, 1.807) is 0 Å². The van der Waals surface area contributed by atoms with Crippen LogP contribution in [0.15, 0.2) is 54.6 Å². The van der Waals surface area contributed by atoms with E-state index in [2.05, 4.69) is 6.92 Å². The summed E-state index contributed by atoms with van der Waals surface area (Å²) in [6.07, 6.45) is 8.68. The Labute approximate surface area is 182 Å². The average molecular weight is 412 g/mol. The van der Waals surface area contributed by atoms with Gasteiger partial charge in [0.25, 0.3) is 0 Å². The van der Waals surface area contributed by atoms with Gasteiger partial charge >= 0.3 is 6.16 Å². The number of hydrogen-bond donors (Lipinski definition) is 0. The number of hydrogen-bond acceptors (Lipinski definition) is 4. The molecule has 0 heterocycles. The zero-order chi connectivity index (χ0) is 21.6. The lowest BCUT2D eigenvalue weighted by atomic mass is 10.0. The molecule has 0 fully saturated rings. The average Bonchev–Trinajstić information content (AvgIpc) is 2.75. The molecule has 0 aliphatic carbocycles. The van der Waals surface area contributed by atoms with Gasteiger partial charge in [0.15, 0.2) is 6.23 Å². The number of para-hydroxylation sites is 2. The van der Waals surface area contributed by atoms with Gasteiger partial charge in [-0.05, 0) is 50.5 Å². The number of carbonyl (C=O) groups excluding carboxylic acids is 1. The summed E-state index contributed by atoms with van der Waals surface area (Å²) >= 11 is 0. The lowest BCUT2D eigenvalue weighted by Crippen LogP contribution is -2.37. The molecule has 0 aromatic heterocycles. The van der Waals surface area contributed by atoms with Crippen LogP contribution in [0.25, 0.3) is 0 Å². The quantitative estimate of drug-likeness (QED) is 0.149. The van der Waals surface area contributed by atoms with Crippen LogP contribution in [0.3, 0.4) is 0 Å². The molecule has 0 radical (unpaired) electrons. The van der Waals surface area contributed by atoms with Gasteiger partial charge in [-0.15, -0.1) is 0 Å². The summed E-state index contributed by atoms with van der Waals surface area (Å²) in [7, 11) is 0. The minimum absolute atomic E-state index is 0.416. The molecule has 0 bridgehead atoms. The van der Waals surface area contributed by atoms with E-state index in [-0.39, 0.29) is 0 Å². The van der Waals surface area contributed by atoms with E-state index in [9.17, 15) is 4.79 Å². The Morgan fingerprint density at radius 1 is 0.867 bits per heavy atom. The molecule has 0 amide bonds. The van der Waals surface area contributed by atoms with Gasteiger partial charge < -0.3 is 14.4 Å². The normalized spacial score (nSPS) is 11.7. The molecule has 0 saturated carbocycles. The van der Waals surface area contributed by atoms with E-state index < -0.39 is 12.4 Å². The van der Waals surface area contributed by atoms with Crippen LogP contribution in [0.2, 0.25) is 0 Å². The highest BCUT2D eigenvalue weighted by molar-refractivity contribution is 5.65. The molecule has 164 valence electrons. The van der Waals surface area contributed by atoms with Crippen molar-refractivity contribution in [2.45, 2.75) is 78.4 Å². The highest BCUT2D eigenvalue weighted by Crippen LogP contribution is 2.22. The third-order valence-corrected chi connectivity index (χ3v) is 5.35. The largest absolute Gasteiger partial charge is 0.515 e. The second-order valence-electron chi connectivity index (χ2n) is 7.67. The summed E-state index contributed by atoms with van der Waals surface area (Å²) < 4.78 is 11.1. The zero-order valence-electron chi connectivity index (χ0n) is 18.8. The van der Waals surface area contributed by atoms with Crippen LogP contribution in [-0.2, 0) is 11.2 Å². The van der Waals surface area contributed by atoms with Crippen LogP contribution in [0, 0.1) is 0 Å². The lowest BCUT2D eigenvalue weighted by molar-refractivity contribution is 0.0642. The first-order chi connectivity index (χ1) is 14.7. The topological polar surface area (TPSA) is 38.8 Å². The molecular weight excluding hydrogens is 374 g/mol. The molecule has 0 N–H and O–H groups in total. The molecule has 4 nitrogen and oxygen atoms in total. The van der Waals surface area contributed by atoms with E-state index in [0.717, 1.165) is 30.6 Å². The molecule has 0 aliphatic heterocycles. The maximum absolute atomic E-state index is 12.4. The van der Waals surface area contributed by atoms with Crippen LogP contribution in [0.5, 0.6) is 5.75 Å². The number of rotatable bonds is 13. The van der Waals surface area contributed by atoms with Crippen molar-refractivity contribution in [2.24, 2.45) is 0 Å². The Balaban J connectivity index is 1.84. The number of carbonyl (C=O) groups is 1. The minimum atomic E-state index is -0.663. The van der Waals surface area contributed by atoms with E-state index in [4.69, 9.17) is 9.47 Å². The summed E-state index contributed by atoms with van der Waals surface area (Å²) in [4.78, 5) is 14.5. The summed E-state index contributed by atoms with van der Waals surface area (Å²) in [5.74, 6) is 0.600. The molecule has 30 heavy (non-hydrogen) atoms. The van der Waals surface area contributed by atoms with Gasteiger partial charge in [0, 0.05) is 12.2 Å². The van der Waals surface area contributed by atoms with E-state index >= 15 is 0 Å². The molecule has 1 atom stereocenters. The van der Waals surface area contributed by atoms with Crippen molar-refractivity contribution in [1.82, 2.24) is 0 Å². The second-order valence-corrected chi connectivity index (χ2v) is 7.67. The Bertz CT molecular complexity index is 732. The predicted molar refractivity (Wildman–Crippen MR) is 124 cm³/mol. The Morgan fingerprint density at radius 2 is 1.50 bits per heavy atom. The molecule has 1 unspecified atom stereocenters. The first-order valence-corrected chi connectivity index (χ1v) is 11.4. The first kappa shape index (κ1) is 23.8. The van der Waals surface area contributed by atoms with E-state index in [1.165, 1.54) is 38.5 Å². The molecule has 2 rings (SSSR count). The first-order valence-electron chi connectivity index (χ1n) is 11.4. The fourth-order valence-electron chi connectivity index (χ4n) is 3.67. The highest BCUT2D eigenvalue weighted by Gasteiger charge is 2.19. The number of aryl methyl sites for hydroxylation is 1. The van der Waals surface area contributed by atoms with Gasteiger partial charge in [-0.1, -0.05) is 81.8 Å². The maximum atomic E-state index is 12.4. The SMILES string of the molecule is CCCCCCCCCc1ccccc1OC(=O)OC(C)N(CC)c1ccccc1. The van der Waals surface area contributed by atoms with Gasteiger partial charge in [-0.25, -0.2) is 4.79 Å². The predicted octanol–water partition coefficient (Wildman–Crippen LogP) is 7.37. The Hall–Kier alpha value is -2.49. The van der Waals surface area contributed by atoms with Crippen LogP contribution in [0.1, 0.15) is 71.3 Å². The number of ether oxygens (including phenoxy) is 2. The van der Waals surface area contributed by atoms with Crippen LogP contribution < -0.4 is 9.64 Å². The van der Waals surface area contributed by atoms with Crippen LogP contribution in [-0.4, -0.2) is 18.9 Å². The van der Waals surface area contributed by atoms with E-state index in [0.29, 0.717) is 5.75 Å². The Kier molecular flexibility index (Phi) is 10.8. The van der Waals surface area contributed by atoms with Crippen molar-refractivity contribution >= 4 is 11.8 Å². The van der Waals surface area contributed by atoms with Gasteiger partial charge in [0.1, 0.15) is 5.75 Å².